The Labute approximate surface area is 123 Å². The second-order valence-corrected chi connectivity index (χ2v) is 4.78. The van der Waals surface area contributed by atoms with Crippen LogP contribution in [0.1, 0.15) is 24.1 Å². The minimum Gasteiger partial charge on any atom is -0.492 e. The lowest BCUT2D eigenvalue weighted by Crippen LogP contribution is -2.13. The van der Waals surface area contributed by atoms with E-state index in [9.17, 15) is 0 Å². The van der Waals surface area contributed by atoms with Crippen molar-refractivity contribution < 1.29 is 4.74 Å². The summed E-state index contributed by atoms with van der Waals surface area (Å²) in [4.78, 5) is 8.58. The molecule has 0 aliphatic rings. The van der Waals surface area contributed by atoms with Crippen LogP contribution in [-0.4, -0.2) is 16.6 Å². The van der Waals surface area contributed by atoms with Gasteiger partial charge in [-0.3, -0.25) is 9.97 Å². The Balaban J connectivity index is 2.04. The fraction of sp³-hybridized carbons (Fsp3) is 0.176. The Morgan fingerprint density at radius 3 is 2.95 bits per heavy atom. The third-order valence-electron chi connectivity index (χ3n) is 3.42. The Kier molecular flexibility index (Phi) is 3.79. The summed E-state index contributed by atoms with van der Waals surface area (Å²) in [6.07, 6.45) is 5.27. The molecular formula is C17H17N3O. The molecule has 0 saturated heterocycles. The highest BCUT2D eigenvalue weighted by Crippen LogP contribution is 2.27. The summed E-state index contributed by atoms with van der Waals surface area (Å²) < 4.78 is 5.49. The molecule has 0 aliphatic heterocycles. The molecule has 1 atom stereocenters. The first-order valence-corrected chi connectivity index (χ1v) is 6.96. The lowest BCUT2D eigenvalue weighted by atomic mass is 9.97. The number of rotatable bonds is 4. The highest BCUT2D eigenvalue weighted by Gasteiger charge is 2.13. The van der Waals surface area contributed by atoms with Crippen molar-refractivity contribution in [2.45, 2.75) is 13.0 Å². The second kappa shape index (κ2) is 5.89. The molecule has 2 N–H and O–H groups in total. The molecule has 106 valence electrons. The third kappa shape index (κ3) is 2.71. The highest BCUT2D eigenvalue weighted by atomic mass is 16.5. The van der Waals surface area contributed by atoms with Gasteiger partial charge in [0.2, 0.25) is 0 Å². The van der Waals surface area contributed by atoms with Gasteiger partial charge in [-0.05, 0) is 36.2 Å². The van der Waals surface area contributed by atoms with Gasteiger partial charge in [0, 0.05) is 17.8 Å². The van der Waals surface area contributed by atoms with Crippen molar-refractivity contribution in [1.82, 2.24) is 9.97 Å². The summed E-state index contributed by atoms with van der Waals surface area (Å²) >= 11 is 0. The van der Waals surface area contributed by atoms with Crippen LogP contribution >= 0.6 is 0 Å². The third-order valence-corrected chi connectivity index (χ3v) is 3.42. The van der Waals surface area contributed by atoms with Crippen molar-refractivity contribution >= 4 is 10.9 Å². The molecule has 4 heteroatoms. The van der Waals surface area contributed by atoms with E-state index in [0.29, 0.717) is 6.61 Å². The van der Waals surface area contributed by atoms with E-state index in [4.69, 9.17) is 10.5 Å². The van der Waals surface area contributed by atoms with Gasteiger partial charge in [-0.1, -0.05) is 18.2 Å². The molecule has 0 fully saturated rings. The van der Waals surface area contributed by atoms with E-state index < -0.39 is 0 Å². The normalized spacial score (nSPS) is 12.3. The smallest absolute Gasteiger partial charge is 0.137 e. The summed E-state index contributed by atoms with van der Waals surface area (Å²) in [7, 11) is 0. The average Bonchev–Trinajstić information content (AvgIpc) is 2.54. The number of pyridine rings is 2. The Morgan fingerprint density at radius 2 is 2.10 bits per heavy atom. The van der Waals surface area contributed by atoms with Crippen LogP contribution in [0.5, 0.6) is 5.75 Å². The molecule has 4 nitrogen and oxygen atoms in total. The summed E-state index contributed by atoms with van der Waals surface area (Å²) in [5, 5.41) is 1.06. The summed E-state index contributed by atoms with van der Waals surface area (Å²) in [6.45, 7) is 2.56. The Morgan fingerprint density at radius 1 is 1.19 bits per heavy atom. The minimum atomic E-state index is -0.259. The van der Waals surface area contributed by atoms with E-state index in [1.165, 1.54) is 0 Å². The molecule has 0 saturated carbocycles. The zero-order chi connectivity index (χ0) is 14.7. The van der Waals surface area contributed by atoms with Crippen molar-refractivity contribution in [3.63, 3.8) is 0 Å². The summed E-state index contributed by atoms with van der Waals surface area (Å²) in [5.74, 6) is 0.740. The molecule has 21 heavy (non-hydrogen) atoms. The van der Waals surface area contributed by atoms with Crippen LogP contribution < -0.4 is 10.5 Å². The van der Waals surface area contributed by atoms with Gasteiger partial charge in [-0.2, -0.15) is 0 Å². The van der Waals surface area contributed by atoms with Gasteiger partial charge in [0.25, 0.3) is 0 Å². The van der Waals surface area contributed by atoms with E-state index in [2.05, 4.69) is 9.97 Å². The van der Waals surface area contributed by atoms with E-state index >= 15 is 0 Å². The van der Waals surface area contributed by atoms with Gasteiger partial charge in [0.05, 0.1) is 24.4 Å². The molecule has 2 aromatic heterocycles. The van der Waals surface area contributed by atoms with Gasteiger partial charge in [-0.15, -0.1) is 0 Å². The van der Waals surface area contributed by atoms with Crippen LogP contribution in [0.15, 0.2) is 55.0 Å². The van der Waals surface area contributed by atoms with E-state index in [-0.39, 0.29) is 6.04 Å². The number of ether oxygens (including phenoxy) is 1. The SMILES string of the molecule is CCOc1cncc(C(N)c2cccc3ncccc23)c1. The molecule has 2 heterocycles. The molecule has 0 radical (unpaired) electrons. The first-order valence-electron chi connectivity index (χ1n) is 6.96. The average molecular weight is 279 g/mol. The minimum absolute atomic E-state index is 0.259. The lowest BCUT2D eigenvalue weighted by molar-refractivity contribution is 0.338. The summed E-state index contributed by atoms with van der Waals surface area (Å²) in [6, 6.07) is 11.6. The molecule has 0 aliphatic carbocycles. The Bertz CT molecular complexity index is 752. The first-order chi connectivity index (χ1) is 10.3. The number of nitrogens with zero attached hydrogens (tertiary/aromatic N) is 2. The standard InChI is InChI=1S/C17H17N3O/c1-2-21-13-9-12(10-19-11-13)17(18)15-5-3-7-16-14(15)6-4-8-20-16/h3-11,17H,2,18H2,1H3. The number of hydrogen-bond acceptors (Lipinski definition) is 4. The van der Waals surface area contributed by atoms with Gasteiger partial charge in [0.1, 0.15) is 5.75 Å². The van der Waals surface area contributed by atoms with Crippen LogP contribution in [0, 0.1) is 0 Å². The first kappa shape index (κ1) is 13.5. The maximum Gasteiger partial charge on any atom is 0.137 e. The molecule has 0 bridgehead atoms. The van der Waals surface area contributed by atoms with Crippen LogP contribution in [0.2, 0.25) is 0 Å². The van der Waals surface area contributed by atoms with Gasteiger partial charge in [-0.25, -0.2) is 0 Å². The molecule has 0 amide bonds. The number of nitrogens with two attached hydrogens (primary N) is 1. The topological polar surface area (TPSA) is 61.0 Å². The maximum absolute atomic E-state index is 6.42. The second-order valence-electron chi connectivity index (χ2n) is 4.78. The number of fused-ring (bicyclic) bond motifs is 1. The van der Waals surface area contributed by atoms with Crippen molar-refractivity contribution in [1.29, 1.82) is 0 Å². The number of hydrogen-bond donors (Lipinski definition) is 1. The highest BCUT2D eigenvalue weighted by molar-refractivity contribution is 5.82. The van der Waals surface area contributed by atoms with Gasteiger partial charge in [0.15, 0.2) is 0 Å². The maximum atomic E-state index is 6.42. The molecular weight excluding hydrogens is 262 g/mol. The predicted molar refractivity (Wildman–Crippen MR) is 83.2 cm³/mol. The van der Waals surface area contributed by atoms with Crippen molar-refractivity contribution in [3.05, 3.63) is 66.1 Å². The molecule has 1 unspecified atom stereocenters. The van der Waals surface area contributed by atoms with E-state index in [0.717, 1.165) is 27.8 Å². The van der Waals surface area contributed by atoms with Crippen molar-refractivity contribution in [2.75, 3.05) is 6.61 Å². The van der Waals surface area contributed by atoms with Crippen molar-refractivity contribution in [2.24, 2.45) is 5.73 Å². The molecule has 0 spiro atoms. The monoisotopic (exact) mass is 279 g/mol. The number of aromatic nitrogens is 2. The zero-order valence-corrected chi connectivity index (χ0v) is 11.9. The molecule has 3 rings (SSSR count). The van der Waals surface area contributed by atoms with Crippen LogP contribution in [0.3, 0.4) is 0 Å². The van der Waals surface area contributed by atoms with E-state index in [1.807, 2.05) is 43.3 Å². The molecule has 1 aromatic carbocycles. The predicted octanol–water partition coefficient (Wildman–Crippen LogP) is 3.08. The number of benzene rings is 1. The zero-order valence-electron chi connectivity index (χ0n) is 11.9. The van der Waals surface area contributed by atoms with E-state index in [1.54, 1.807) is 18.6 Å². The van der Waals surface area contributed by atoms with Crippen molar-refractivity contribution in [3.8, 4) is 5.75 Å². The van der Waals surface area contributed by atoms with Crippen LogP contribution in [0.25, 0.3) is 10.9 Å². The van der Waals surface area contributed by atoms with Crippen LogP contribution in [0.4, 0.5) is 0 Å². The quantitative estimate of drug-likeness (QED) is 0.797. The van der Waals surface area contributed by atoms with Gasteiger partial charge >= 0.3 is 0 Å². The molecule has 3 aromatic rings. The fourth-order valence-corrected chi connectivity index (χ4v) is 2.43. The lowest BCUT2D eigenvalue weighted by Gasteiger charge is -2.15. The Hall–Kier alpha value is -2.46. The van der Waals surface area contributed by atoms with Crippen LogP contribution in [-0.2, 0) is 0 Å². The largest absolute Gasteiger partial charge is 0.492 e. The summed E-state index contributed by atoms with van der Waals surface area (Å²) in [5.41, 5.74) is 9.33. The fourth-order valence-electron chi connectivity index (χ4n) is 2.43. The van der Waals surface area contributed by atoms with Gasteiger partial charge < -0.3 is 10.5 Å².